The molecule has 3 rings (SSSR count). The van der Waals surface area contributed by atoms with Gasteiger partial charge >= 0.3 is 5.97 Å². The zero-order valence-electron chi connectivity index (χ0n) is 17.8. The first-order valence-corrected chi connectivity index (χ1v) is 11.9. The number of esters is 1. The van der Waals surface area contributed by atoms with Crippen LogP contribution in [0.4, 0.5) is 0 Å². The van der Waals surface area contributed by atoms with Crippen LogP contribution in [0, 0.1) is 0 Å². The van der Waals surface area contributed by atoms with E-state index in [0.717, 1.165) is 51.4 Å². The third-order valence-electron chi connectivity index (χ3n) is 5.84. The molecule has 2 saturated carbocycles. The van der Waals surface area contributed by atoms with Crippen molar-refractivity contribution in [2.45, 2.75) is 93.5 Å². The molecule has 164 valence electrons. The third kappa shape index (κ3) is 6.24. The first-order valence-electron chi connectivity index (χ1n) is 11.0. The van der Waals surface area contributed by atoms with Crippen LogP contribution in [0.2, 0.25) is 0 Å². The number of rotatable bonds is 8. The number of amides is 2. The van der Waals surface area contributed by atoms with Crippen LogP contribution in [0.3, 0.4) is 0 Å². The van der Waals surface area contributed by atoms with Crippen LogP contribution in [0.1, 0.15) is 75.6 Å². The van der Waals surface area contributed by atoms with Crippen LogP contribution >= 0.6 is 11.8 Å². The van der Waals surface area contributed by atoms with Gasteiger partial charge in [-0.1, -0.05) is 37.8 Å². The minimum Gasteiger partial charge on any atom is -0.449 e. The molecule has 2 atom stereocenters. The summed E-state index contributed by atoms with van der Waals surface area (Å²) in [6.07, 6.45) is 7.73. The Labute approximate surface area is 182 Å². The van der Waals surface area contributed by atoms with Gasteiger partial charge in [-0.2, -0.15) is 0 Å². The fraction of sp³-hybridized carbons (Fsp3) is 0.609. The van der Waals surface area contributed by atoms with Gasteiger partial charge in [0.15, 0.2) is 6.10 Å². The van der Waals surface area contributed by atoms with Crippen LogP contribution in [0.25, 0.3) is 0 Å². The Morgan fingerprint density at radius 1 is 0.900 bits per heavy atom. The molecule has 2 amide bonds. The number of carbonyl (C=O) groups excluding carboxylic acids is 3. The SMILES string of the molecule is C[C@H](Sc1ccccc1C(=O)O[C@H](C)C(=O)NC1CCCC1)C(=O)NC1CCCC1. The molecule has 1 aromatic carbocycles. The van der Waals surface area contributed by atoms with Crippen LogP contribution in [-0.2, 0) is 14.3 Å². The van der Waals surface area contributed by atoms with Gasteiger partial charge in [0.2, 0.25) is 5.91 Å². The van der Waals surface area contributed by atoms with E-state index in [9.17, 15) is 14.4 Å². The molecule has 2 N–H and O–H groups in total. The van der Waals surface area contributed by atoms with Crippen LogP contribution < -0.4 is 10.6 Å². The highest BCUT2D eigenvalue weighted by Gasteiger charge is 2.26. The lowest BCUT2D eigenvalue weighted by molar-refractivity contribution is -0.129. The molecule has 0 unspecified atom stereocenters. The molecule has 0 aliphatic heterocycles. The number of hydrogen-bond donors (Lipinski definition) is 2. The summed E-state index contributed by atoms with van der Waals surface area (Å²) in [6.45, 7) is 3.43. The van der Waals surface area contributed by atoms with Crippen LogP contribution in [0.15, 0.2) is 29.2 Å². The molecule has 2 fully saturated rings. The van der Waals surface area contributed by atoms with E-state index in [1.165, 1.54) is 11.8 Å². The Balaban J connectivity index is 1.57. The summed E-state index contributed by atoms with van der Waals surface area (Å²) in [5.41, 5.74) is 0.378. The standard InChI is InChI=1S/C23H32N2O4S/c1-15(21(26)24-17-9-3-4-10-17)29-23(28)19-13-7-8-14-20(19)30-16(2)22(27)25-18-11-5-6-12-18/h7-8,13-18H,3-6,9-12H2,1-2H3,(H,24,26)(H,25,27)/t15-,16+/m1/s1. The van der Waals surface area contributed by atoms with E-state index in [-0.39, 0.29) is 29.1 Å². The van der Waals surface area contributed by atoms with Gasteiger partial charge in [0.05, 0.1) is 10.8 Å². The molecule has 0 saturated heterocycles. The Morgan fingerprint density at radius 3 is 2.03 bits per heavy atom. The summed E-state index contributed by atoms with van der Waals surface area (Å²) in [7, 11) is 0. The molecule has 2 aliphatic rings. The second-order valence-corrected chi connectivity index (χ2v) is 9.67. The molecule has 7 heteroatoms. The maximum Gasteiger partial charge on any atom is 0.340 e. The molecule has 0 bridgehead atoms. The molecule has 1 aromatic rings. The van der Waals surface area contributed by atoms with E-state index < -0.39 is 12.1 Å². The van der Waals surface area contributed by atoms with E-state index in [1.54, 1.807) is 19.1 Å². The summed E-state index contributed by atoms with van der Waals surface area (Å²) in [5, 5.41) is 5.73. The molecular weight excluding hydrogens is 400 g/mol. The Hall–Kier alpha value is -2.02. The van der Waals surface area contributed by atoms with Crippen molar-refractivity contribution in [2.75, 3.05) is 0 Å². The average molecular weight is 433 g/mol. The van der Waals surface area contributed by atoms with Gasteiger partial charge in [-0.25, -0.2) is 4.79 Å². The van der Waals surface area contributed by atoms with Gasteiger partial charge < -0.3 is 15.4 Å². The second kappa shape index (κ2) is 10.8. The maximum absolute atomic E-state index is 12.7. The molecule has 0 aromatic heterocycles. The lowest BCUT2D eigenvalue weighted by Gasteiger charge is -2.19. The van der Waals surface area contributed by atoms with Gasteiger partial charge in [0.1, 0.15) is 0 Å². The van der Waals surface area contributed by atoms with Gasteiger partial charge in [-0.15, -0.1) is 11.8 Å². The number of hydrogen-bond acceptors (Lipinski definition) is 5. The molecule has 0 heterocycles. The summed E-state index contributed by atoms with van der Waals surface area (Å²) in [4.78, 5) is 38.3. The largest absolute Gasteiger partial charge is 0.449 e. The number of ether oxygens (including phenoxy) is 1. The number of thioether (sulfide) groups is 1. The predicted octanol–water partition coefficient (Wildman–Crippen LogP) is 3.83. The van der Waals surface area contributed by atoms with E-state index >= 15 is 0 Å². The van der Waals surface area contributed by atoms with Crippen LogP contribution in [0.5, 0.6) is 0 Å². The molecule has 0 radical (unpaired) electrons. The summed E-state index contributed by atoms with van der Waals surface area (Å²) < 4.78 is 5.43. The van der Waals surface area contributed by atoms with Gasteiger partial charge in [-0.3, -0.25) is 9.59 Å². The minimum absolute atomic E-state index is 0.0145. The first kappa shape index (κ1) is 22.7. The van der Waals surface area contributed by atoms with E-state index in [4.69, 9.17) is 4.74 Å². The van der Waals surface area contributed by atoms with E-state index in [1.807, 2.05) is 19.1 Å². The lowest BCUT2D eigenvalue weighted by Crippen LogP contribution is -2.41. The monoisotopic (exact) mass is 432 g/mol. The zero-order valence-corrected chi connectivity index (χ0v) is 18.6. The summed E-state index contributed by atoms with van der Waals surface area (Å²) in [6, 6.07) is 7.52. The molecule has 6 nitrogen and oxygen atoms in total. The molecule has 0 spiro atoms. The Bertz CT molecular complexity index is 757. The highest BCUT2D eigenvalue weighted by atomic mass is 32.2. The topological polar surface area (TPSA) is 84.5 Å². The van der Waals surface area contributed by atoms with Gasteiger partial charge in [0.25, 0.3) is 5.91 Å². The summed E-state index contributed by atoms with van der Waals surface area (Å²) >= 11 is 1.34. The molecule has 2 aliphatic carbocycles. The second-order valence-electron chi connectivity index (χ2n) is 8.28. The number of carbonyl (C=O) groups is 3. The maximum atomic E-state index is 12.7. The lowest BCUT2D eigenvalue weighted by atomic mass is 10.2. The van der Waals surface area contributed by atoms with Gasteiger partial charge in [-0.05, 0) is 51.7 Å². The Morgan fingerprint density at radius 2 is 1.43 bits per heavy atom. The third-order valence-corrected chi connectivity index (χ3v) is 7.01. The quantitative estimate of drug-likeness (QED) is 0.482. The summed E-state index contributed by atoms with van der Waals surface area (Å²) in [5.74, 6) is -0.820. The fourth-order valence-electron chi connectivity index (χ4n) is 4.04. The zero-order chi connectivity index (χ0) is 21.5. The van der Waals surface area contributed by atoms with Crippen molar-refractivity contribution < 1.29 is 19.1 Å². The first-order chi connectivity index (χ1) is 14.4. The average Bonchev–Trinajstić information content (AvgIpc) is 3.42. The van der Waals surface area contributed by atoms with E-state index in [0.29, 0.717) is 10.5 Å². The number of nitrogens with one attached hydrogen (secondary N) is 2. The predicted molar refractivity (Wildman–Crippen MR) is 117 cm³/mol. The fourth-order valence-corrected chi connectivity index (χ4v) is 5.03. The van der Waals surface area contributed by atoms with Crippen molar-refractivity contribution in [2.24, 2.45) is 0 Å². The van der Waals surface area contributed by atoms with Crippen molar-refractivity contribution in [3.8, 4) is 0 Å². The number of benzene rings is 1. The van der Waals surface area contributed by atoms with Crippen LogP contribution in [-0.4, -0.2) is 41.2 Å². The Kier molecular flexibility index (Phi) is 8.19. The highest BCUT2D eigenvalue weighted by Crippen LogP contribution is 2.28. The normalized spacial score (nSPS) is 19.3. The van der Waals surface area contributed by atoms with Crippen molar-refractivity contribution in [1.82, 2.24) is 10.6 Å². The van der Waals surface area contributed by atoms with Crippen molar-refractivity contribution in [1.29, 1.82) is 0 Å². The van der Waals surface area contributed by atoms with E-state index in [2.05, 4.69) is 10.6 Å². The molecule has 30 heavy (non-hydrogen) atoms. The van der Waals surface area contributed by atoms with Crippen molar-refractivity contribution >= 4 is 29.5 Å². The van der Waals surface area contributed by atoms with Gasteiger partial charge in [0, 0.05) is 17.0 Å². The minimum atomic E-state index is -0.862. The molecular formula is C23H32N2O4S. The van der Waals surface area contributed by atoms with Crippen molar-refractivity contribution in [3.63, 3.8) is 0 Å². The van der Waals surface area contributed by atoms with Crippen molar-refractivity contribution in [3.05, 3.63) is 29.8 Å². The smallest absolute Gasteiger partial charge is 0.340 e. The highest BCUT2D eigenvalue weighted by molar-refractivity contribution is 8.00.